The van der Waals surface area contributed by atoms with Crippen LogP contribution in [0.2, 0.25) is 0 Å². The molecule has 0 heterocycles. The van der Waals surface area contributed by atoms with E-state index in [9.17, 15) is 22.8 Å². The monoisotopic (exact) mass is 614 g/mol. The largest absolute Gasteiger partial charge is 0.466 e. The van der Waals surface area contributed by atoms with Gasteiger partial charge >= 0.3 is 18.1 Å². The van der Waals surface area contributed by atoms with Gasteiger partial charge in [0.05, 0.1) is 7.11 Å². The highest BCUT2D eigenvalue weighted by Crippen LogP contribution is 2.43. The normalized spacial score (nSPS) is 13.8. The summed E-state index contributed by atoms with van der Waals surface area (Å²) in [5.74, 6) is -2.57. The molecule has 0 radical (unpaired) electrons. The summed E-state index contributed by atoms with van der Waals surface area (Å²) in [7, 11) is 1.92. The van der Waals surface area contributed by atoms with Crippen LogP contribution in [0.5, 0.6) is 0 Å². The highest BCUT2D eigenvalue weighted by atomic mass is 19.4. The molecule has 0 spiro atoms. The van der Waals surface area contributed by atoms with E-state index >= 15 is 0 Å². The first kappa shape index (κ1) is 38.9. The molecule has 1 aromatic carbocycles. The molecule has 0 unspecified atom stereocenters. The highest BCUT2D eigenvalue weighted by Gasteiger charge is 2.64. The van der Waals surface area contributed by atoms with Gasteiger partial charge < -0.3 is 14.2 Å². The standard InChI is InChI=1S/C35H57F3O5/c1-4-5-6-7-8-9-10-11-12-13-14-15-16-17-18-19-20-21-22-26-29-31(32(39)41-2)43-33(40)34(42-3,35(36,37)38)30-27-24-23-25-28-30/h23-25,27-28,31H,4-22,26,29H2,1-3H3/t31-,34+/m0/s1. The Labute approximate surface area is 258 Å². The number of carbonyl (C=O) groups is 2. The maximum absolute atomic E-state index is 14.2. The summed E-state index contributed by atoms with van der Waals surface area (Å²) < 4.78 is 57.0. The lowest BCUT2D eigenvalue weighted by Crippen LogP contribution is -2.53. The van der Waals surface area contributed by atoms with Crippen molar-refractivity contribution < 1.29 is 37.0 Å². The van der Waals surface area contributed by atoms with Gasteiger partial charge in [0.15, 0.2) is 6.10 Å². The molecule has 0 amide bonds. The third-order valence-electron chi connectivity index (χ3n) is 8.21. The van der Waals surface area contributed by atoms with Crippen molar-refractivity contribution in [3.63, 3.8) is 0 Å². The zero-order valence-electron chi connectivity index (χ0n) is 27.0. The van der Waals surface area contributed by atoms with Crippen LogP contribution >= 0.6 is 0 Å². The van der Waals surface area contributed by atoms with Crippen molar-refractivity contribution in [1.82, 2.24) is 0 Å². The van der Waals surface area contributed by atoms with Crippen molar-refractivity contribution in [1.29, 1.82) is 0 Å². The first-order valence-electron chi connectivity index (χ1n) is 16.7. The zero-order chi connectivity index (χ0) is 31.8. The molecule has 0 aliphatic rings. The molecule has 0 aromatic heterocycles. The van der Waals surface area contributed by atoms with Crippen molar-refractivity contribution >= 4 is 11.9 Å². The summed E-state index contributed by atoms with van der Waals surface area (Å²) in [6.07, 6.45) is 18.2. The van der Waals surface area contributed by atoms with Gasteiger partial charge in [0, 0.05) is 12.7 Å². The summed E-state index contributed by atoms with van der Waals surface area (Å²) in [4.78, 5) is 25.2. The Bertz CT molecular complexity index is 846. The molecule has 0 bridgehead atoms. The predicted molar refractivity (Wildman–Crippen MR) is 166 cm³/mol. The van der Waals surface area contributed by atoms with E-state index in [1.165, 1.54) is 115 Å². The molecule has 0 fully saturated rings. The number of methoxy groups -OCH3 is 2. The van der Waals surface area contributed by atoms with Crippen LogP contribution in [-0.4, -0.2) is 38.4 Å². The van der Waals surface area contributed by atoms with Gasteiger partial charge in [0.1, 0.15) is 0 Å². The highest BCUT2D eigenvalue weighted by molar-refractivity contribution is 5.86. The molecule has 43 heavy (non-hydrogen) atoms. The predicted octanol–water partition coefficient (Wildman–Crippen LogP) is 10.4. The fourth-order valence-electron chi connectivity index (χ4n) is 5.54. The van der Waals surface area contributed by atoms with Gasteiger partial charge in [0.2, 0.25) is 0 Å². The molecule has 1 rings (SSSR count). The van der Waals surface area contributed by atoms with Crippen LogP contribution < -0.4 is 0 Å². The number of unbranched alkanes of at least 4 members (excludes halogenated alkanes) is 19. The van der Waals surface area contributed by atoms with Crippen LogP contribution in [0, 0.1) is 0 Å². The second-order valence-corrected chi connectivity index (χ2v) is 11.7. The molecule has 0 aliphatic heterocycles. The Morgan fingerprint density at radius 1 is 0.651 bits per heavy atom. The van der Waals surface area contributed by atoms with E-state index in [0.717, 1.165) is 52.0 Å². The van der Waals surface area contributed by atoms with E-state index in [1.54, 1.807) is 0 Å². The van der Waals surface area contributed by atoms with E-state index in [2.05, 4.69) is 6.92 Å². The second kappa shape index (κ2) is 23.3. The number of esters is 2. The smallest absolute Gasteiger partial charge is 0.432 e. The molecule has 248 valence electrons. The third-order valence-corrected chi connectivity index (χ3v) is 8.21. The van der Waals surface area contributed by atoms with E-state index in [0.29, 0.717) is 6.42 Å². The third kappa shape index (κ3) is 15.0. The number of hydrogen-bond acceptors (Lipinski definition) is 5. The van der Waals surface area contributed by atoms with Gasteiger partial charge in [-0.15, -0.1) is 0 Å². The summed E-state index contributed by atoms with van der Waals surface area (Å²) in [6.45, 7) is 2.26. The van der Waals surface area contributed by atoms with Gasteiger partial charge in [-0.1, -0.05) is 159 Å². The average Bonchev–Trinajstić information content (AvgIpc) is 2.99. The maximum atomic E-state index is 14.2. The van der Waals surface area contributed by atoms with Crippen molar-refractivity contribution in [3.8, 4) is 0 Å². The molecule has 2 atom stereocenters. The minimum absolute atomic E-state index is 0.0871. The fraction of sp³-hybridized carbons (Fsp3) is 0.771. The van der Waals surface area contributed by atoms with Crippen molar-refractivity contribution in [2.45, 2.75) is 160 Å². The van der Waals surface area contributed by atoms with Crippen LogP contribution in [0.15, 0.2) is 30.3 Å². The molecule has 1 aromatic rings. The zero-order valence-corrected chi connectivity index (χ0v) is 27.0. The molecule has 0 N–H and O–H groups in total. The Morgan fingerprint density at radius 3 is 1.40 bits per heavy atom. The SMILES string of the molecule is CCCCCCCCCCCCCCCCCCCCCC[C@H](OC(=O)[C@](OC)(c1ccccc1)C(F)(F)F)C(=O)OC. The number of alkyl halides is 3. The Hall–Kier alpha value is -2.09. The minimum Gasteiger partial charge on any atom is -0.466 e. The van der Waals surface area contributed by atoms with Gasteiger partial charge in [-0.3, -0.25) is 0 Å². The number of hydrogen-bond donors (Lipinski definition) is 0. The van der Waals surface area contributed by atoms with E-state index in [1.807, 2.05) is 0 Å². The number of carbonyl (C=O) groups excluding carboxylic acids is 2. The molecule has 0 saturated heterocycles. The van der Waals surface area contributed by atoms with Crippen LogP contribution in [0.4, 0.5) is 13.2 Å². The first-order valence-corrected chi connectivity index (χ1v) is 16.7. The lowest BCUT2D eigenvalue weighted by atomic mass is 9.92. The van der Waals surface area contributed by atoms with Gasteiger partial charge in [-0.05, 0) is 12.8 Å². The maximum Gasteiger partial charge on any atom is 0.432 e. The second-order valence-electron chi connectivity index (χ2n) is 11.7. The Balaban J connectivity index is 2.23. The first-order chi connectivity index (χ1) is 20.7. The topological polar surface area (TPSA) is 61.8 Å². The van der Waals surface area contributed by atoms with E-state index in [4.69, 9.17) is 14.2 Å². The van der Waals surface area contributed by atoms with E-state index in [-0.39, 0.29) is 6.42 Å². The molecular weight excluding hydrogens is 557 g/mol. The summed E-state index contributed by atoms with van der Waals surface area (Å²) in [6, 6.07) is 6.57. The summed E-state index contributed by atoms with van der Waals surface area (Å²) in [5.41, 5.74) is -3.76. The number of benzene rings is 1. The van der Waals surface area contributed by atoms with Crippen molar-refractivity contribution in [3.05, 3.63) is 35.9 Å². The molecular formula is C35H57F3O5. The van der Waals surface area contributed by atoms with Gasteiger partial charge in [0.25, 0.3) is 5.60 Å². The van der Waals surface area contributed by atoms with Gasteiger partial charge in [-0.2, -0.15) is 13.2 Å². The molecule has 0 saturated carbocycles. The van der Waals surface area contributed by atoms with Crippen LogP contribution in [-0.2, 0) is 29.4 Å². The number of halogens is 3. The minimum atomic E-state index is -5.10. The van der Waals surface area contributed by atoms with Crippen molar-refractivity contribution in [2.24, 2.45) is 0 Å². The van der Waals surface area contributed by atoms with Crippen LogP contribution in [0.1, 0.15) is 147 Å². The number of ether oxygens (including phenoxy) is 3. The fourth-order valence-corrected chi connectivity index (χ4v) is 5.54. The number of rotatable bonds is 26. The lowest BCUT2D eigenvalue weighted by Gasteiger charge is -2.33. The summed E-state index contributed by atoms with van der Waals surface area (Å²) >= 11 is 0. The van der Waals surface area contributed by atoms with Crippen LogP contribution in [0.25, 0.3) is 0 Å². The lowest BCUT2D eigenvalue weighted by molar-refractivity contribution is -0.278. The van der Waals surface area contributed by atoms with E-state index < -0.39 is 35.4 Å². The van der Waals surface area contributed by atoms with Gasteiger partial charge in [-0.25, -0.2) is 9.59 Å². The molecule has 5 nitrogen and oxygen atoms in total. The van der Waals surface area contributed by atoms with Crippen molar-refractivity contribution in [2.75, 3.05) is 14.2 Å². The quantitative estimate of drug-likeness (QED) is 0.0767. The molecule has 8 heteroatoms. The Morgan fingerprint density at radius 2 is 1.05 bits per heavy atom. The van der Waals surface area contributed by atoms with Crippen LogP contribution in [0.3, 0.4) is 0 Å². The molecule has 0 aliphatic carbocycles. The summed E-state index contributed by atoms with van der Waals surface area (Å²) in [5, 5.41) is 0. The Kier molecular flexibility index (Phi) is 21.1. The average molecular weight is 615 g/mol.